The highest BCUT2D eigenvalue weighted by atomic mass is 14.3. The maximum absolute atomic E-state index is 8.53. The third-order valence-corrected chi connectivity index (χ3v) is 7.18. The second kappa shape index (κ2) is 12.6. The van der Waals surface area contributed by atoms with E-state index in [1.807, 2.05) is 18.2 Å². The predicted molar refractivity (Wildman–Crippen MR) is 128 cm³/mol. The van der Waals surface area contributed by atoms with Crippen LogP contribution in [0.25, 0.3) is 0 Å². The quantitative estimate of drug-likeness (QED) is 0.244. The molecule has 160 valence electrons. The first kappa shape index (κ1) is 22.6. The lowest BCUT2D eigenvalue weighted by Crippen LogP contribution is -2.14. The normalized spacial score (nSPS) is 27.7. The van der Waals surface area contributed by atoms with Crippen LogP contribution in [0, 0.1) is 29.1 Å². The molecule has 0 heterocycles. The molecule has 1 nitrogen and oxygen atoms in total. The Bertz CT molecular complexity index is 730. The molecule has 0 spiro atoms. The van der Waals surface area contributed by atoms with Gasteiger partial charge in [-0.15, -0.1) is 0 Å². The highest BCUT2D eigenvalue weighted by molar-refractivity contribution is 5.26. The molecule has 1 aromatic rings. The minimum absolute atomic E-state index is 0.696. The molecule has 0 unspecified atom stereocenters. The number of nitrogens with zero attached hydrogens (tertiary/aromatic N) is 1. The van der Waals surface area contributed by atoms with Gasteiger partial charge in [0, 0.05) is 6.08 Å². The first-order chi connectivity index (χ1) is 14.8. The summed E-state index contributed by atoms with van der Waals surface area (Å²) in [6.07, 6.45) is 27.2. The molecule has 30 heavy (non-hydrogen) atoms. The lowest BCUT2D eigenvalue weighted by Gasteiger charge is -2.28. The van der Waals surface area contributed by atoms with Crippen LogP contribution in [0.5, 0.6) is 0 Å². The van der Waals surface area contributed by atoms with Crippen LogP contribution < -0.4 is 0 Å². The Morgan fingerprint density at radius 2 is 1.37 bits per heavy atom. The third-order valence-electron chi connectivity index (χ3n) is 7.18. The smallest absolute Gasteiger partial charge is 0.0912 e. The van der Waals surface area contributed by atoms with Gasteiger partial charge < -0.3 is 0 Å². The van der Waals surface area contributed by atoms with Crippen LogP contribution >= 0.6 is 0 Å². The fourth-order valence-electron chi connectivity index (χ4n) is 5.15. The summed E-state index contributed by atoms with van der Waals surface area (Å²) in [5, 5.41) is 8.53. The van der Waals surface area contributed by atoms with Crippen molar-refractivity contribution in [3.8, 4) is 6.07 Å². The Morgan fingerprint density at radius 1 is 0.800 bits per heavy atom. The van der Waals surface area contributed by atoms with E-state index in [9.17, 15) is 0 Å². The molecule has 0 aromatic heterocycles. The molecule has 1 aromatic carbocycles. The molecule has 0 N–H and O–H groups in total. The van der Waals surface area contributed by atoms with Crippen molar-refractivity contribution < 1.29 is 0 Å². The molecular weight excluding hydrogens is 362 g/mol. The Kier molecular flexibility index (Phi) is 9.49. The molecule has 0 saturated heterocycles. The summed E-state index contributed by atoms with van der Waals surface area (Å²) in [7, 11) is 0. The first-order valence-electron chi connectivity index (χ1n) is 12.3. The van der Waals surface area contributed by atoms with Crippen molar-refractivity contribution in [2.45, 2.75) is 83.5 Å². The van der Waals surface area contributed by atoms with Crippen LogP contribution in [-0.2, 0) is 6.42 Å². The van der Waals surface area contributed by atoms with E-state index in [1.165, 1.54) is 76.2 Å². The fraction of sp³-hybridized carbons (Fsp3) is 0.552. The van der Waals surface area contributed by atoms with Crippen molar-refractivity contribution in [1.29, 1.82) is 5.26 Å². The van der Waals surface area contributed by atoms with Gasteiger partial charge in [-0.3, -0.25) is 0 Å². The van der Waals surface area contributed by atoms with Crippen molar-refractivity contribution in [2.75, 3.05) is 0 Å². The molecule has 2 aliphatic rings. The number of nitriles is 1. The zero-order valence-electron chi connectivity index (χ0n) is 18.8. The van der Waals surface area contributed by atoms with Crippen LogP contribution in [0.1, 0.15) is 88.2 Å². The molecule has 2 fully saturated rings. The fourth-order valence-corrected chi connectivity index (χ4v) is 5.15. The second-order valence-electron chi connectivity index (χ2n) is 9.39. The van der Waals surface area contributed by atoms with Gasteiger partial charge in [0.2, 0.25) is 0 Å². The van der Waals surface area contributed by atoms with Gasteiger partial charge in [-0.2, -0.15) is 5.26 Å². The number of hydrogen-bond acceptors (Lipinski definition) is 1. The number of hydrogen-bond donors (Lipinski definition) is 0. The topological polar surface area (TPSA) is 23.8 Å². The lowest BCUT2D eigenvalue weighted by atomic mass is 9.77. The van der Waals surface area contributed by atoms with Crippen LogP contribution in [0.4, 0.5) is 0 Å². The first-order valence-corrected chi connectivity index (χ1v) is 12.3. The van der Waals surface area contributed by atoms with E-state index in [-0.39, 0.29) is 0 Å². The van der Waals surface area contributed by atoms with E-state index in [4.69, 9.17) is 5.26 Å². The monoisotopic (exact) mass is 401 g/mol. The predicted octanol–water partition coefficient (Wildman–Crippen LogP) is 8.30. The van der Waals surface area contributed by atoms with Gasteiger partial charge in [0.15, 0.2) is 0 Å². The van der Waals surface area contributed by atoms with Crippen LogP contribution in [0.3, 0.4) is 0 Å². The van der Waals surface area contributed by atoms with Gasteiger partial charge in [0.05, 0.1) is 6.07 Å². The number of rotatable bonds is 8. The SMILES string of the molecule is CCCCc1ccc(C2CCC(/C=C/C3CCC(C=CC=CC#N)CC3)CC2)cc1. The number of unbranched alkanes of at least 4 members (excludes halogenated alkanes) is 1. The summed E-state index contributed by atoms with van der Waals surface area (Å²) < 4.78 is 0. The number of allylic oxidation sites excluding steroid dienone is 6. The van der Waals surface area contributed by atoms with E-state index in [2.05, 4.69) is 49.4 Å². The Hall–Kier alpha value is -2.07. The van der Waals surface area contributed by atoms with Crippen LogP contribution in [0.2, 0.25) is 0 Å². The van der Waals surface area contributed by atoms with Gasteiger partial charge in [-0.1, -0.05) is 68.0 Å². The second-order valence-corrected chi connectivity index (χ2v) is 9.39. The number of aryl methyl sites for hydroxylation is 1. The van der Waals surface area contributed by atoms with Gasteiger partial charge in [-0.05, 0) is 99.0 Å². The van der Waals surface area contributed by atoms with Crippen molar-refractivity contribution in [1.82, 2.24) is 0 Å². The summed E-state index contributed by atoms with van der Waals surface area (Å²) in [5.41, 5.74) is 3.06. The minimum Gasteiger partial charge on any atom is -0.193 e. The lowest BCUT2D eigenvalue weighted by molar-refractivity contribution is 0.348. The molecular formula is C29H39N. The Morgan fingerprint density at radius 3 is 1.93 bits per heavy atom. The summed E-state index contributed by atoms with van der Waals surface area (Å²) in [5.74, 6) is 3.03. The van der Waals surface area contributed by atoms with E-state index in [0.29, 0.717) is 5.92 Å². The summed E-state index contributed by atoms with van der Waals surface area (Å²) in [6.45, 7) is 2.27. The molecule has 2 saturated carbocycles. The maximum Gasteiger partial charge on any atom is 0.0912 e. The van der Waals surface area contributed by atoms with Crippen molar-refractivity contribution in [2.24, 2.45) is 17.8 Å². The standard InChI is InChI=1S/C29H39N/c1-2-3-7-24-15-19-28(20-16-24)29-21-17-27(18-22-29)14-13-26-11-9-25(10-12-26)8-5-4-6-23-30/h4-6,8,13-16,19-20,25-27,29H,2-3,7,9-12,17-18,21-22H2,1H3/b6-4?,8-5?,14-13+. The van der Waals surface area contributed by atoms with E-state index in [1.54, 1.807) is 11.6 Å². The maximum atomic E-state index is 8.53. The zero-order valence-corrected chi connectivity index (χ0v) is 18.8. The van der Waals surface area contributed by atoms with Gasteiger partial charge in [0.1, 0.15) is 0 Å². The average Bonchev–Trinajstić information content (AvgIpc) is 2.81. The van der Waals surface area contributed by atoms with Gasteiger partial charge >= 0.3 is 0 Å². The van der Waals surface area contributed by atoms with Crippen LogP contribution in [0.15, 0.2) is 60.7 Å². The molecule has 0 atom stereocenters. The molecule has 0 bridgehead atoms. The summed E-state index contributed by atoms with van der Waals surface area (Å²) in [4.78, 5) is 0. The van der Waals surface area contributed by atoms with E-state index >= 15 is 0 Å². The van der Waals surface area contributed by atoms with Crippen molar-refractivity contribution in [3.63, 3.8) is 0 Å². The van der Waals surface area contributed by atoms with E-state index < -0.39 is 0 Å². The van der Waals surface area contributed by atoms with Gasteiger partial charge in [0.25, 0.3) is 0 Å². The zero-order chi connectivity index (χ0) is 21.0. The summed E-state index contributed by atoms with van der Waals surface area (Å²) in [6, 6.07) is 11.6. The molecule has 0 aliphatic heterocycles. The number of benzene rings is 1. The third kappa shape index (κ3) is 7.32. The largest absolute Gasteiger partial charge is 0.193 e. The molecule has 0 radical (unpaired) electrons. The highest BCUT2D eigenvalue weighted by Crippen LogP contribution is 2.37. The van der Waals surface area contributed by atoms with E-state index in [0.717, 1.165) is 17.8 Å². The Balaban J connectivity index is 1.38. The van der Waals surface area contributed by atoms with Crippen LogP contribution in [-0.4, -0.2) is 0 Å². The van der Waals surface area contributed by atoms with Crippen molar-refractivity contribution in [3.05, 3.63) is 71.8 Å². The van der Waals surface area contributed by atoms with Gasteiger partial charge in [-0.25, -0.2) is 0 Å². The average molecular weight is 402 g/mol. The van der Waals surface area contributed by atoms with Crippen molar-refractivity contribution >= 4 is 0 Å². The molecule has 1 heteroatoms. The molecule has 2 aliphatic carbocycles. The molecule has 0 amide bonds. The Labute approximate surface area is 184 Å². The molecule has 3 rings (SSSR count). The highest BCUT2D eigenvalue weighted by Gasteiger charge is 2.22. The summed E-state index contributed by atoms with van der Waals surface area (Å²) >= 11 is 0. The minimum atomic E-state index is 0.696.